The maximum atomic E-state index is 12.0. The first-order valence-electron chi connectivity index (χ1n) is 6.24. The summed E-state index contributed by atoms with van der Waals surface area (Å²) < 4.78 is 0. The molecule has 0 aromatic rings. The second kappa shape index (κ2) is 7.63. The highest BCUT2D eigenvalue weighted by Crippen LogP contribution is 2.11. The largest absolute Gasteiger partial charge is 0.330 e. The van der Waals surface area contributed by atoms with Crippen molar-refractivity contribution in [2.24, 2.45) is 5.73 Å². The fourth-order valence-electron chi connectivity index (χ4n) is 1.81. The van der Waals surface area contributed by atoms with Crippen LogP contribution in [0.1, 0.15) is 47.5 Å². The van der Waals surface area contributed by atoms with E-state index in [4.69, 9.17) is 5.73 Å². The summed E-state index contributed by atoms with van der Waals surface area (Å²) in [6.07, 6.45) is 1.46. The Hall–Kier alpha value is -0.610. The van der Waals surface area contributed by atoms with Gasteiger partial charge >= 0.3 is 0 Å². The van der Waals surface area contributed by atoms with E-state index in [0.29, 0.717) is 19.0 Å². The average molecular weight is 229 g/mol. The van der Waals surface area contributed by atoms with Crippen molar-refractivity contribution < 1.29 is 4.79 Å². The van der Waals surface area contributed by atoms with Crippen molar-refractivity contribution >= 4 is 5.91 Å². The van der Waals surface area contributed by atoms with Crippen LogP contribution in [0.5, 0.6) is 0 Å². The predicted octanol–water partition coefficient (Wildman–Crippen LogP) is 1.61. The molecule has 0 aromatic carbocycles. The van der Waals surface area contributed by atoms with Gasteiger partial charge in [0.05, 0.1) is 0 Å². The summed E-state index contributed by atoms with van der Waals surface area (Å²) in [6, 6.07) is 0.525. The molecule has 0 aliphatic heterocycles. The molecule has 16 heavy (non-hydrogen) atoms. The van der Waals surface area contributed by atoms with Crippen LogP contribution in [0, 0.1) is 0 Å². The Labute approximate surface area is 99.7 Å². The Balaban J connectivity index is 4.76. The van der Waals surface area contributed by atoms with Gasteiger partial charge in [-0.05, 0) is 34.1 Å². The van der Waals surface area contributed by atoms with E-state index in [2.05, 4.69) is 25.8 Å². The summed E-state index contributed by atoms with van der Waals surface area (Å²) in [7, 11) is 0. The second-order valence-electron chi connectivity index (χ2n) is 4.63. The zero-order valence-corrected chi connectivity index (χ0v) is 11.4. The van der Waals surface area contributed by atoms with Gasteiger partial charge in [-0.15, -0.1) is 0 Å². The molecule has 96 valence electrons. The van der Waals surface area contributed by atoms with E-state index in [9.17, 15) is 4.79 Å². The van der Waals surface area contributed by atoms with Gasteiger partial charge in [0.1, 0.15) is 0 Å². The smallest absolute Gasteiger partial charge is 0.238 e. The minimum atomic E-state index is 0.125. The number of hydrazine groups is 1. The number of carbonyl (C=O) groups excluding carboxylic acids is 1. The SMILES string of the molecule is CCCN(C(C)C)N(C(=O)CCN)C(C)C. The number of carbonyl (C=O) groups is 1. The lowest BCUT2D eigenvalue weighted by Crippen LogP contribution is -2.53. The van der Waals surface area contributed by atoms with Crippen LogP contribution in [0.15, 0.2) is 0 Å². The van der Waals surface area contributed by atoms with Crippen LogP contribution in [0.3, 0.4) is 0 Å². The van der Waals surface area contributed by atoms with Gasteiger partial charge in [-0.3, -0.25) is 9.80 Å². The third kappa shape index (κ3) is 4.49. The van der Waals surface area contributed by atoms with Crippen molar-refractivity contribution in [1.29, 1.82) is 0 Å². The number of hydrogen-bond donors (Lipinski definition) is 1. The summed E-state index contributed by atoms with van der Waals surface area (Å²) in [6.45, 7) is 11.8. The molecule has 0 saturated heterocycles. The van der Waals surface area contributed by atoms with Crippen molar-refractivity contribution in [2.75, 3.05) is 13.1 Å². The molecule has 0 aliphatic rings. The highest BCUT2D eigenvalue weighted by molar-refractivity contribution is 5.76. The molecule has 2 N–H and O–H groups in total. The lowest BCUT2D eigenvalue weighted by Gasteiger charge is -2.40. The third-order valence-electron chi connectivity index (χ3n) is 2.43. The van der Waals surface area contributed by atoms with Crippen LogP contribution >= 0.6 is 0 Å². The molecule has 4 nitrogen and oxygen atoms in total. The van der Waals surface area contributed by atoms with Crippen molar-refractivity contribution in [2.45, 2.75) is 59.5 Å². The Kier molecular flexibility index (Phi) is 7.34. The van der Waals surface area contributed by atoms with Crippen molar-refractivity contribution in [1.82, 2.24) is 10.0 Å². The molecule has 0 aromatic heterocycles. The van der Waals surface area contributed by atoms with Crippen molar-refractivity contribution in [3.05, 3.63) is 0 Å². The molecule has 0 saturated carbocycles. The number of nitrogens with zero attached hydrogens (tertiary/aromatic N) is 2. The highest BCUT2D eigenvalue weighted by Gasteiger charge is 2.24. The fourth-order valence-corrected chi connectivity index (χ4v) is 1.81. The predicted molar refractivity (Wildman–Crippen MR) is 67.8 cm³/mol. The van der Waals surface area contributed by atoms with Gasteiger partial charge in [0.2, 0.25) is 5.91 Å². The Morgan fingerprint density at radius 2 is 1.75 bits per heavy atom. The van der Waals surface area contributed by atoms with Crippen LogP contribution in [0.2, 0.25) is 0 Å². The highest BCUT2D eigenvalue weighted by atomic mass is 16.2. The van der Waals surface area contributed by atoms with E-state index in [1.165, 1.54) is 0 Å². The fraction of sp³-hybridized carbons (Fsp3) is 0.917. The Bertz CT molecular complexity index is 204. The molecule has 0 fully saturated rings. The molecule has 0 unspecified atom stereocenters. The topological polar surface area (TPSA) is 49.6 Å². The van der Waals surface area contributed by atoms with Crippen molar-refractivity contribution in [3.8, 4) is 0 Å². The lowest BCUT2D eigenvalue weighted by atomic mass is 10.2. The van der Waals surface area contributed by atoms with Crippen molar-refractivity contribution in [3.63, 3.8) is 0 Å². The van der Waals surface area contributed by atoms with E-state index < -0.39 is 0 Å². The molecule has 0 aliphatic carbocycles. The van der Waals surface area contributed by atoms with Gasteiger partial charge in [-0.25, -0.2) is 5.01 Å². The number of rotatable bonds is 7. The van der Waals surface area contributed by atoms with Gasteiger partial charge in [0, 0.05) is 31.6 Å². The first-order chi connectivity index (χ1) is 7.45. The van der Waals surface area contributed by atoms with Crippen LogP contribution < -0.4 is 5.73 Å². The first kappa shape index (κ1) is 15.4. The van der Waals surface area contributed by atoms with Crippen LogP contribution in [0.4, 0.5) is 0 Å². The molecule has 4 heteroatoms. The third-order valence-corrected chi connectivity index (χ3v) is 2.43. The standard InChI is InChI=1S/C12H27N3O/c1-6-9-14(10(2)3)15(11(4)5)12(16)7-8-13/h10-11H,6-9,13H2,1-5H3. The zero-order chi connectivity index (χ0) is 12.7. The Morgan fingerprint density at radius 3 is 2.06 bits per heavy atom. The van der Waals surface area contributed by atoms with Gasteiger partial charge < -0.3 is 5.73 Å². The summed E-state index contributed by atoms with van der Waals surface area (Å²) in [5, 5.41) is 4.00. The molecular weight excluding hydrogens is 202 g/mol. The first-order valence-corrected chi connectivity index (χ1v) is 6.24. The number of nitrogens with two attached hydrogens (primary N) is 1. The molecule has 1 amide bonds. The zero-order valence-electron chi connectivity index (χ0n) is 11.4. The van der Waals surface area contributed by atoms with Gasteiger partial charge in [0.15, 0.2) is 0 Å². The summed E-state index contributed by atoms with van der Waals surface area (Å²) in [5.74, 6) is 0.125. The minimum Gasteiger partial charge on any atom is -0.330 e. The monoisotopic (exact) mass is 229 g/mol. The lowest BCUT2D eigenvalue weighted by molar-refractivity contribution is -0.158. The van der Waals surface area contributed by atoms with E-state index in [1.807, 2.05) is 18.9 Å². The summed E-state index contributed by atoms with van der Waals surface area (Å²) >= 11 is 0. The summed E-state index contributed by atoms with van der Waals surface area (Å²) in [4.78, 5) is 12.0. The number of hydrogen-bond acceptors (Lipinski definition) is 3. The van der Waals surface area contributed by atoms with E-state index in [0.717, 1.165) is 13.0 Å². The molecule has 0 atom stereocenters. The molecular formula is C12H27N3O. The maximum absolute atomic E-state index is 12.0. The van der Waals surface area contributed by atoms with Gasteiger partial charge in [0.25, 0.3) is 0 Å². The van der Waals surface area contributed by atoms with Crippen LogP contribution in [-0.2, 0) is 4.79 Å². The molecule has 0 radical (unpaired) electrons. The molecule has 0 spiro atoms. The van der Waals surface area contributed by atoms with E-state index >= 15 is 0 Å². The second-order valence-corrected chi connectivity index (χ2v) is 4.63. The van der Waals surface area contributed by atoms with Crippen LogP contribution in [-0.4, -0.2) is 41.1 Å². The van der Waals surface area contributed by atoms with Gasteiger partial charge in [-0.2, -0.15) is 0 Å². The number of amides is 1. The average Bonchev–Trinajstić information content (AvgIpc) is 2.16. The Morgan fingerprint density at radius 1 is 1.19 bits per heavy atom. The quantitative estimate of drug-likeness (QED) is 0.675. The molecule has 0 rings (SSSR count). The maximum Gasteiger partial charge on any atom is 0.238 e. The minimum absolute atomic E-state index is 0.125. The van der Waals surface area contributed by atoms with Gasteiger partial charge in [-0.1, -0.05) is 6.92 Å². The normalized spacial score (nSPS) is 11.6. The van der Waals surface area contributed by atoms with E-state index in [1.54, 1.807) is 0 Å². The van der Waals surface area contributed by atoms with E-state index in [-0.39, 0.29) is 11.9 Å². The molecule has 0 bridgehead atoms. The van der Waals surface area contributed by atoms with Crippen LogP contribution in [0.25, 0.3) is 0 Å². The summed E-state index contributed by atoms with van der Waals surface area (Å²) in [5.41, 5.74) is 5.45. The molecule has 0 heterocycles.